The van der Waals surface area contributed by atoms with Crippen molar-refractivity contribution in [3.8, 4) is 5.75 Å². The molecule has 5 rings (SSSR count). The molecular weight excluding hydrogens is 525 g/mol. The summed E-state index contributed by atoms with van der Waals surface area (Å²) in [5.41, 5.74) is 2.26. The van der Waals surface area contributed by atoms with Gasteiger partial charge in [0.25, 0.3) is 0 Å². The van der Waals surface area contributed by atoms with Gasteiger partial charge in [0.2, 0.25) is 0 Å². The van der Waals surface area contributed by atoms with Gasteiger partial charge in [-0.05, 0) is 62.2 Å². The number of piperidine rings is 1. The highest BCUT2D eigenvalue weighted by atomic mass is 19.4. The summed E-state index contributed by atoms with van der Waals surface area (Å²) in [5.74, 6) is -1.18. The molecule has 212 valence electrons. The average molecular weight is 557 g/mol. The standard InChI is InChI=1S/C26H27F3N2O.C4H4O4/c27-26(28,29)22-8-3-1-6-19(22)11-15-30-16-12-20(13-17-30)25-23-9-5-14-31(23)18-21-7-2-4-10-24(21)32-25;5-3(6)1-2-4(7)8/h1-10,14,20,25H,11-13,15-18H2;1-2H,(H,5,6)(H,7,8). The molecule has 0 amide bonds. The molecule has 1 saturated heterocycles. The van der Waals surface area contributed by atoms with Gasteiger partial charge in [-0.15, -0.1) is 0 Å². The van der Waals surface area contributed by atoms with Gasteiger partial charge in [-0.2, -0.15) is 13.2 Å². The number of hydrogen-bond acceptors (Lipinski definition) is 4. The lowest BCUT2D eigenvalue weighted by molar-refractivity contribution is -0.138. The molecule has 0 radical (unpaired) electrons. The van der Waals surface area contributed by atoms with Crippen molar-refractivity contribution in [3.63, 3.8) is 0 Å². The second-order valence-electron chi connectivity index (χ2n) is 9.80. The normalized spacial score (nSPS) is 17.6. The average Bonchev–Trinajstić information content (AvgIpc) is 3.32. The second-order valence-corrected chi connectivity index (χ2v) is 9.80. The third-order valence-electron chi connectivity index (χ3n) is 7.17. The number of halogens is 3. The first kappa shape index (κ1) is 28.9. The zero-order valence-electron chi connectivity index (χ0n) is 21.8. The Hall–Kier alpha value is -4.05. The van der Waals surface area contributed by atoms with Crippen molar-refractivity contribution < 1.29 is 37.7 Å². The van der Waals surface area contributed by atoms with Gasteiger partial charge in [0.05, 0.1) is 17.8 Å². The van der Waals surface area contributed by atoms with Crippen LogP contribution in [0.15, 0.2) is 79.0 Å². The number of carboxylic acid groups (broad SMARTS) is 2. The fourth-order valence-electron chi connectivity index (χ4n) is 5.21. The Bertz CT molecular complexity index is 1330. The summed E-state index contributed by atoms with van der Waals surface area (Å²) in [7, 11) is 0. The summed E-state index contributed by atoms with van der Waals surface area (Å²) in [6.07, 6.45) is 1.29. The SMILES string of the molecule is FC(F)(F)c1ccccc1CCN1CCC(C2Oc3ccccc3Cn3cccc32)CC1.O=C(O)C=CC(=O)O. The highest BCUT2D eigenvalue weighted by Crippen LogP contribution is 2.39. The summed E-state index contributed by atoms with van der Waals surface area (Å²) in [6, 6.07) is 18.4. The predicted octanol–water partition coefficient (Wildman–Crippen LogP) is 5.66. The lowest BCUT2D eigenvalue weighted by atomic mass is 9.89. The van der Waals surface area contributed by atoms with E-state index >= 15 is 0 Å². The van der Waals surface area contributed by atoms with Gasteiger partial charge in [-0.3, -0.25) is 0 Å². The van der Waals surface area contributed by atoms with Crippen LogP contribution in [0.25, 0.3) is 0 Å². The summed E-state index contributed by atoms with van der Waals surface area (Å²) in [4.78, 5) is 21.4. The first-order valence-corrected chi connectivity index (χ1v) is 13.0. The fourth-order valence-corrected chi connectivity index (χ4v) is 5.21. The minimum absolute atomic E-state index is 0.00163. The molecular formula is C30H31F3N2O5. The van der Waals surface area contributed by atoms with Crippen LogP contribution >= 0.6 is 0 Å². The molecule has 1 aromatic heterocycles. The zero-order valence-corrected chi connectivity index (χ0v) is 21.8. The molecule has 1 fully saturated rings. The Kier molecular flexibility index (Phi) is 9.31. The van der Waals surface area contributed by atoms with E-state index in [4.69, 9.17) is 14.9 Å². The van der Waals surface area contributed by atoms with E-state index in [0.29, 0.717) is 36.6 Å². The molecule has 2 aliphatic heterocycles. The van der Waals surface area contributed by atoms with E-state index in [2.05, 4.69) is 33.9 Å². The molecule has 40 heavy (non-hydrogen) atoms. The molecule has 0 aliphatic carbocycles. The summed E-state index contributed by atoms with van der Waals surface area (Å²) < 4.78 is 48.6. The molecule has 1 atom stereocenters. The number of ether oxygens (including phenoxy) is 1. The van der Waals surface area contributed by atoms with Crippen LogP contribution in [0, 0.1) is 5.92 Å². The topological polar surface area (TPSA) is 92.0 Å². The van der Waals surface area contributed by atoms with Gasteiger partial charge in [-0.1, -0.05) is 36.4 Å². The second kappa shape index (κ2) is 12.9. The Morgan fingerprint density at radius 3 is 2.25 bits per heavy atom. The van der Waals surface area contributed by atoms with Gasteiger partial charge < -0.3 is 24.4 Å². The number of rotatable bonds is 6. The maximum atomic E-state index is 13.3. The van der Waals surface area contributed by atoms with Gasteiger partial charge >= 0.3 is 18.1 Å². The van der Waals surface area contributed by atoms with E-state index in [1.54, 1.807) is 12.1 Å². The van der Waals surface area contributed by atoms with Crippen molar-refractivity contribution in [1.82, 2.24) is 9.47 Å². The van der Waals surface area contributed by atoms with Crippen LogP contribution in [0.5, 0.6) is 5.75 Å². The Labute approximate surface area is 230 Å². The van der Waals surface area contributed by atoms with Crippen LogP contribution in [0.3, 0.4) is 0 Å². The largest absolute Gasteiger partial charge is 0.484 e. The van der Waals surface area contributed by atoms with Crippen LogP contribution < -0.4 is 4.74 Å². The third-order valence-corrected chi connectivity index (χ3v) is 7.17. The molecule has 1 unspecified atom stereocenters. The lowest BCUT2D eigenvalue weighted by Crippen LogP contribution is -2.38. The van der Waals surface area contributed by atoms with Crippen LogP contribution in [-0.2, 0) is 28.7 Å². The molecule has 2 aromatic carbocycles. The number of carboxylic acids is 2. The van der Waals surface area contributed by atoms with Crippen LogP contribution in [-0.4, -0.2) is 51.3 Å². The first-order chi connectivity index (χ1) is 19.1. The van der Waals surface area contributed by atoms with Crippen LogP contribution in [0.2, 0.25) is 0 Å². The molecule has 0 saturated carbocycles. The summed E-state index contributed by atoms with van der Waals surface area (Å²) in [6.45, 7) is 3.21. The molecule has 3 aromatic rings. The van der Waals surface area contributed by atoms with Crippen LogP contribution in [0.4, 0.5) is 13.2 Å². The van der Waals surface area contributed by atoms with Gasteiger partial charge in [0.1, 0.15) is 11.9 Å². The van der Waals surface area contributed by atoms with E-state index in [0.717, 1.165) is 38.2 Å². The first-order valence-electron chi connectivity index (χ1n) is 13.0. The molecule has 2 aliphatic rings. The molecule has 3 heterocycles. The number of alkyl halides is 3. The summed E-state index contributed by atoms with van der Waals surface area (Å²) in [5, 5.41) is 15.6. The molecule has 0 bridgehead atoms. The van der Waals surface area contributed by atoms with E-state index in [-0.39, 0.29) is 6.10 Å². The Morgan fingerprint density at radius 1 is 0.925 bits per heavy atom. The van der Waals surface area contributed by atoms with E-state index in [9.17, 15) is 22.8 Å². The maximum absolute atomic E-state index is 13.3. The van der Waals surface area contributed by atoms with Crippen LogP contribution in [0.1, 0.15) is 41.3 Å². The molecule has 0 spiro atoms. The van der Waals surface area contributed by atoms with Crippen molar-refractivity contribution in [2.24, 2.45) is 5.92 Å². The van der Waals surface area contributed by atoms with E-state index in [1.807, 2.05) is 18.2 Å². The number of aliphatic carboxylic acids is 2. The van der Waals surface area contributed by atoms with Gasteiger partial charge in [-0.25, -0.2) is 9.59 Å². The number of hydrogen-bond donors (Lipinski definition) is 2. The lowest BCUT2D eigenvalue weighted by Gasteiger charge is -2.36. The molecule has 7 nitrogen and oxygen atoms in total. The van der Waals surface area contributed by atoms with Crippen molar-refractivity contribution in [2.75, 3.05) is 19.6 Å². The number of para-hydroxylation sites is 1. The number of likely N-dealkylation sites (tertiary alicyclic amines) is 1. The van der Waals surface area contributed by atoms with E-state index in [1.165, 1.54) is 23.4 Å². The predicted molar refractivity (Wildman–Crippen MR) is 142 cm³/mol. The highest BCUT2D eigenvalue weighted by Gasteiger charge is 2.34. The molecule has 10 heteroatoms. The van der Waals surface area contributed by atoms with Gasteiger partial charge in [0, 0.05) is 36.4 Å². The smallest absolute Gasteiger partial charge is 0.416 e. The van der Waals surface area contributed by atoms with Crippen molar-refractivity contribution in [2.45, 2.75) is 38.1 Å². The zero-order chi connectivity index (χ0) is 28.7. The van der Waals surface area contributed by atoms with Crippen molar-refractivity contribution in [3.05, 3.63) is 101 Å². The number of carbonyl (C=O) groups is 2. The van der Waals surface area contributed by atoms with Gasteiger partial charge in [0.15, 0.2) is 0 Å². The maximum Gasteiger partial charge on any atom is 0.416 e. The van der Waals surface area contributed by atoms with Crippen molar-refractivity contribution in [1.29, 1.82) is 0 Å². The minimum atomic E-state index is -4.30. The molecule has 2 N–H and O–H groups in total. The quantitative estimate of drug-likeness (QED) is 0.381. The Morgan fingerprint density at radius 2 is 1.57 bits per heavy atom. The highest BCUT2D eigenvalue weighted by molar-refractivity contribution is 5.89. The minimum Gasteiger partial charge on any atom is -0.484 e. The number of nitrogens with zero attached hydrogens (tertiary/aromatic N) is 2. The fraction of sp³-hybridized carbons (Fsp3) is 0.333. The van der Waals surface area contributed by atoms with E-state index < -0.39 is 23.7 Å². The van der Waals surface area contributed by atoms with Crippen molar-refractivity contribution >= 4 is 11.9 Å². The Balaban J connectivity index is 0.000000406. The third kappa shape index (κ3) is 7.53. The summed E-state index contributed by atoms with van der Waals surface area (Å²) >= 11 is 0. The monoisotopic (exact) mass is 556 g/mol. The number of aromatic nitrogens is 1. The number of fused-ring (bicyclic) bond motifs is 2. The number of benzene rings is 2.